The van der Waals surface area contributed by atoms with E-state index < -0.39 is 5.97 Å². The van der Waals surface area contributed by atoms with Crippen molar-refractivity contribution in [2.24, 2.45) is 0 Å². The van der Waals surface area contributed by atoms with Crippen LogP contribution in [0.1, 0.15) is 19.3 Å². The summed E-state index contributed by atoms with van der Waals surface area (Å²) in [6.45, 7) is 1.28. The summed E-state index contributed by atoms with van der Waals surface area (Å²) in [5.41, 5.74) is 0. The summed E-state index contributed by atoms with van der Waals surface area (Å²) in [5, 5.41) is 8.85. The van der Waals surface area contributed by atoms with Crippen molar-refractivity contribution in [2.75, 3.05) is 24.7 Å². The Morgan fingerprint density at radius 2 is 2.29 bits per heavy atom. The average molecular weight is 259 g/mol. The predicted octanol–water partition coefficient (Wildman–Crippen LogP) is 0.584. The number of ether oxygens (including phenoxy) is 1. The molecule has 96 valence electrons. The molecule has 2 heterocycles. The molecule has 6 heteroatoms. The van der Waals surface area contributed by atoms with Crippen LogP contribution < -0.4 is 0 Å². The fraction of sp³-hybridized carbons (Fsp3) is 0.818. The fourth-order valence-corrected chi connectivity index (χ4v) is 3.34. The number of hydrogen-bond acceptors (Lipinski definition) is 4. The van der Waals surface area contributed by atoms with E-state index in [9.17, 15) is 9.59 Å². The molecule has 2 atom stereocenters. The van der Waals surface area contributed by atoms with E-state index in [1.165, 1.54) is 0 Å². The van der Waals surface area contributed by atoms with Gasteiger partial charge in [0.15, 0.2) is 0 Å². The maximum absolute atomic E-state index is 12.2. The number of carboxylic acids is 1. The monoisotopic (exact) mass is 259 g/mol. The number of amides is 1. The van der Waals surface area contributed by atoms with Crippen molar-refractivity contribution in [2.45, 2.75) is 31.4 Å². The van der Waals surface area contributed by atoms with Gasteiger partial charge in [-0.2, -0.15) is 11.8 Å². The molecule has 0 saturated carbocycles. The lowest BCUT2D eigenvalue weighted by molar-refractivity contribution is -0.145. The van der Waals surface area contributed by atoms with E-state index >= 15 is 0 Å². The standard InChI is InChI=1S/C11H17NO4S/c13-10(14)6-8-7-17-5-3-12(8)11(15)9-2-1-4-16-9/h8-9H,1-7H2,(H,13,14)/t8?,9-/m0/s1. The minimum Gasteiger partial charge on any atom is -0.481 e. The first-order chi connectivity index (χ1) is 8.18. The van der Waals surface area contributed by atoms with Crippen LogP contribution in [0.15, 0.2) is 0 Å². The number of thioether (sulfide) groups is 1. The van der Waals surface area contributed by atoms with Gasteiger partial charge in [0.05, 0.1) is 12.5 Å². The predicted molar refractivity (Wildman–Crippen MR) is 64.1 cm³/mol. The van der Waals surface area contributed by atoms with Crippen molar-refractivity contribution < 1.29 is 19.4 Å². The minimum atomic E-state index is -0.845. The molecule has 2 aliphatic heterocycles. The summed E-state index contributed by atoms with van der Waals surface area (Å²) in [4.78, 5) is 24.7. The SMILES string of the molecule is O=C(O)CC1CSCCN1C(=O)[C@@H]1CCCO1. The van der Waals surface area contributed by atoms with E-state index in [1.54, 1.807) is 16.7 Å². The van der Waals surface area contributed by atoms with E-state index in [0.717, 1.165) is 18.6 Å². The summed E-state index contributed by atoms with van der Waals surface area (Å²) in [6.07, 6.45) is 1.38. The fourth-order valence-electron chi connectivity index (χ4n) is 2.27. The molecular formula is C11H17NO4S. The first kappa shape index (κ1) is 12.7. The highest BCUT2D eigenvalue weighted by atomic mass is 32.2. The molecule has 2 rings (SSSR count). The van der Waals surface area contributed by atoms with Crippen LogP contribution in [0.3, 0.4) is 0 Å². The Morgan fingerprint density at radius 3 is 2.94 bits per heavy atom. The number of carboxylic acid groups (broad SMARTS) is 1. The van der Waals surface area contributed by atoms with Crippen LogP contribution in [0.4, 0.5) is 0 Å². The van der Waals surface area contributed by atoms with Gasteiger partial charge in [-0.05, 0) is 12.8 Å². The van der Waals surface area contributed by atoms with Crippen molar-refractivity contribution >= 4 is 23.6 Å². The van der Waals surface area contributed by atoms with E-state index in [2.05, 4.69) is 0 Å². The van der Waals surface area contributed by atoms with Crippen molar-refractivity contribution in [3.8, 4) is 0 Å². The Labute approximate surface area is 104 Å². The maximum atomic E-state index is 12.2. The van der Waals surface area contributed by atoms with Crippen LogP contribution in [0.2, 0.25) is 0 Å². The van der Waals surface area contributed by atoms with Crippen molar-refractivity contribution in [1.29, 1.82) is 0 Å². The lowest BCUT2D eigenvalue weighted by atomic mass is 10.1. The smallest absolute Gasteiger partial charge is 0.305 e. The Morgan fingerprint density at radius 1 is 1.47 bits per heavy atom. The van der Waals surface area contributed by atoms with Gasteiger partial charge in [0.2, 0.25) is 0 Å². The molecule has 2 fully saturated rings. The van der Waals surface area contributed by atoms with Gasteiger partial charge in [-0.1, -0.05) is 0 Å². The van der Waals surface area contributed by atoms with Crippen molar-refractivity contribution in [3.05, 3.63) is 0 Å². The normalized spacial score (nSPS) is 29.3. The van der Waals surface area contributed by atoms with Crippen LogP contribution in [-0.4, -0.2) is 58.7 Å². The minimum absolute atomic E-state index is 0.0194. The van der Waals surface area contributed by atoms with Crippen LogP contribution in [0.25, 0.3) is 0 Å². The first-order valence-electron chi connectivity index (χ1n) is 5.90. The highest BCUT2D eigenvalue weighted by Gasteiger charge is 2.34. The van der Waals surface area contributed by atoms with Gasteiger partial charge in [-0.15, -0.1) is 0 Å². The second kappa shape index (κ2) is 5.73. The highest BCUT2D eigenvalue weighted by molar-refractivity contribution is 7.99. The van der Waals surface area contributed by atoms with Gasteiger partial charge in [0.25, 0.3) is 5.91 Å². The Bertz CT molecular complexity index is 304. The van der Waals surface area contributed by atoms with Crippen LogP contribution in [0.5, 0.6) is 0 Å². The molecule has 0 aromatic rings. The molecule has 1 N–H and O–H groups in total. The topological polar surface area (TPSA) is 66.8 Å². The van der Waals surface area contributed by atoms with Gasteiger partial charge in [-0.25, -0.2) is 0 Å². The van der Waals surface area contributed by atoms with Gasteiger partial charge < -0.3 is 14.7 Å². The molecule has 1 amide bonds. The number of rotatable bonds is 3. The molecule has 0 spiro atoms. The van der Waals surface area contributed by atoms with Crippen molar-refractivity contribution in [1.82, 2.24) is 4.90 Å². The zero-order chi connectivity index (χ0) is 12.3. The Balaban J connectivity index is 1.99. The Hall–Kier alpha value is -0.750. The largest absolute Gasteiger partial charge is 0.481 e. The lowest BCUT2D eigenvalue weighted by Gasteiger charge is -2.35. The highest BCUT2D eigenvalue weighted by Crippen LogP contribution is 2.23. The molecule has 0 aromatic carbocycles. The molecule has 0 bridgehead atoms. The molecular weight excluding hydrogens is 242 g/mol. The first-order valence-corrected chi connectivity index (χ1v) is 7.05. The summed E-state index contributed by atoms with van der Waals surface area (Å²) in [7, 11) is 0. The number of aliphatic carboxylic acids is 1. The van der Waals surface area contributed by atoms with E-state index in [1.807, 2.05) is 0 Å². The summed E-state index contributed by atoms with van der Waals surface area (Å²) >= 11 is 1.71. The summed E-state index contributed by atoms with van der Waals surface area (Å²) in [6, 6.07) is -0.178. The second-order valence-corrected chi connectivity index (χ2v) is 5.51. The van der Waals surface area contributed by atoms with Gasteiger partial charge in [0, 0.05) is 24.7 Å². The maximum Gasteiger partial charge on any atom is 0.305 e. The third-order valence-electron chi connectivity index (χ3n) is 3.13. The zero-order valence-corrected chi connectivity index (χ0v) is 10.4. The van der Waals surface area contributed by atoms with Crippen LogP contribution >= 0.6 is 11.8 Å². The summed E-state index contributed by atoms with van der Waals surface area (Å²) in [5.74, 6) is 0.732. The van der Waals surface area contributed by atoms with Crippen LogP contribution in [0, 0.1) is 0 Å². The third kappa shape index (κ3) is 3.13. The molecule has 0 radical (unpaired) electrons. The second-order valence-electron chi connectivity index (χ2n) is 4.36. The molecule has 2 saturated heterocycles. The molecule has 2 aliphatic rings. The zero-order valence-electron chi connectivity index (χ0n) is 9.63. The van der Waals surface area contributed by atoms with Crippen molar-refractivity contribution in [3.63, 3.8) is 0 Å². The number of nitrogens with zero attached hydrogens (tertiary/aromatic N) is 1. The van der Waals surface area contributed by atoms with E-state index in [4.69, 9.17) is 9.84 Å². The number of carbonyl (C=O) groups excluding carboxylic acids is 1. The third-order valence-corrected chi connectivity index (χ3v) is 4.22. The molecule has 0 aromatic heterocycles. The molecule has 0 aliphatic carbocycles. The lowest BCUT2D eigenvalue weighted by Crippen LogP contribution is -2.50. The quantitative estimate of drug-likeness (QED) is 0.803. The van der Waals surface area contributed by atoms with E-state index in [0.29, 0.717) is 18.9 Å². The summed E-state index contributed by atoms with van der Waals surface area (Å²) < 4.78 is 5.38. The van der Waals surface area contributed by atoms with Gasteiger partial charge in [-0.3, -0.25) is 9.59 Å². The van der Waals surface area contributed by atoms with Gasteiger partial charge in [0.1, 0.15) is 6.10 Å². The molecule has 5 nitrogen and oxygen atoms in total. The molecule has 17 heavy (non-hydrogen) atoms. The van der Waals surface area contributed by atoms with Crippen LogP contribution in [-0.2, 0) is 14.3 Å². The average Bonchev–Trinajstić information content (AvgIpc) is 2.81. The van der Waals surface area contributed by atoms with Gasteiger partial charge >= 0.3 is 5.97 Å². The van der Waals surface area contributed by atoms with E-state index in [-0.39, 0.29) is 24.5 Å². The molecule has 1 unspecified atom stereocenters. The number of hydrogen-bond donors (Lipinski definition) is 1. The Kier molecular flexibility index (Phi) is 4.28. The number of carbonyl (C=O) groups is 2.